The highest BCUT2D eigenvalue weighted by atomic mass is 35.5. The van der Waals surface area contributed by atoms with Crippen LogP contribution in [-0.4, -0.2) is 21.9 Å². The van der Waals surface area contributed by atoms with Crippen molar-refractivity contribution in [3.63, 3.8) is 0 Å². The molecule has 3 rings (SSSR count). The third-order valence-electron chi connectivity index (χ3n) is 3.81. The number of hydrogen-bond acceptors (Lipinski definition) is 6. The Morgan fingerprint density at radius 2 is 1.89 bits per heavy atom. The van der Waals surface area contributed by atoms with Crippen LogP contribution in [0.4, 0.5) is 5.69 Å². The van der Waals surface area contributed by atoms with E-state index in [9.17, 15) is 4.79 Å². The summed E-state index contributed by atoms with van der Waals surface area (Å²) < 4.78 is 11.2. The van der Waals surface area contributed by atoms with Crippen LogP contribution in [0.1, 0.15) is 22.6 Å². The molecule has 146 valence electrons. The number of carbonyl (C=O) groups is 1. The van der Waals surface area contributed by atoms with Crippen LogP contribution in [0.2, 0.25) is 5.02 Å². The number of anilines is 1. The van der Waals surface area contributed by atoms with Crippen molar-refractivity contribution in [3.05, 3.63) is 64.0 Å². The summed E-state index contributed by atoms with van der Waals surface area (Å²) in [6.45, 7) is 6.10. The standard InChI is InChI=1S/C20H20ClN3O3S/c1-12-6-13(2)8-16(7-12)26-10-19-23-24-20(27-19)28-11-18(25)22-17-9-15(21)5-4-14(17)3/h4-9H,10-11H2,1-3H3,(H,22,25). The van der Waals surface area contributed by atoms with Gasteiger partial charge >= 0.3 is 0 Å². The van der Waals surface area contributed by atoms with Gasteiger partial charge in [-0.2, -0.15) is 0 Å². The van der Waals surface area contributed by atoms with Crippen molar-refractivity contribution in [2.24, 2.45) is 0 Å². The summed E-state index contributed by atoms with van der Waals surface area (Å²) in [4.78, 5) is 12.1. The molecule has 0 spiro atoms. The van der Waals surface area contributed by atoms with E-state index in [0.717, 1.165) is 34.2 Å². The molecule has 1 aromatic heterocycles. The molecule has 3 aromatic rings. The smallest absolute Gasteiger partial charge is 0.277 e. The van der Waals surface area contributed by atoms with Gasteiger partial charge in [0.15, 0.2) is 6.61 Å². The predicted molar refractivity (Wildman–Crippen MR) is 110 cm³/mol. The number of nitrogens with one attached hydrogen (secondary N) is 1. The van der Waals surface area contributed by atoms with Crippen LogP contribution < -0.4 is 10.1 Å². The van der Waals surface area contributed by atoms with Gasteiger partial charge in [0.1, 0.15) is 5.75 Å². The van der Waals surface area contributed by atoms with E-state index in [2.05, 4.69) is 21.6 Å². The van der Waals surface area contributed by atoms with Crippen molar-refractivity contribution in [2.45, 2.75) is 32.6 Å². The lowest BCUT2D eigenvalue weighted by Crippen LogP contribution is -2.14. The molecule has 0 radical (unpaired) electrons. The molecule has 0 aliphatic heterocycles. The van der Waals surface area contributed by atoms with Gasteiger partial charge in [-0.1, -0.05) is 35.5 Å². The van der Waals surface area contributed by atoms with Gasteiger partial charge in [-0.25, -0.2) is 0 Å². The molecule has 0 fully saturated rings. The van der Waals surface area contributed by atoms with E-state index < -0.39 is 0 Å². The van der Waals surface area contributed by atoms with Crippen molar-refractivity contribution in [2.75, 3.05) is 11.1 Å². The Balaban J connectivity index is 1.50. The van der Waals surface area contributed by atoms with Gasteiger partial charge in [-0.3, -0.25) is 4.79 Å². The molecule has 0 saturated heterocycles. The number of amides is 1. The molecule has 28 heavy (non-hydrogen) atoms. The van der Waals surface area contributed by atoms with E-state index >= 15 is 0 Å². The molecule has 0 atom stereocenters. The second-order valence-corrected chi connectivity index (χ2v) is 7.73. The van der Waals surface area contributed by atoms with Crippen LogP contribution in [-0.2, 0) is 11.4 Å². The normalized spacial score (nSPS) is 10.7. The molecule has 1 N–H and O–H groups in total. The fraction of sp³-hybridized carbons (Fsp3) is 0.250. The van der Waals surface area contributed by atoms with E-state index in [4.69, 9.17) is 20.8 Å². The van der Waals surface area contributed by atoms with Crippen molar-refractivity contribution < 1.29 is 13.9 Å². The number of rotatable bonds is 7. The SMILES string of the molecule is Cc1cc(C)cc(OCc2nnc(SCC(=O)Nc3cc(Cl)ccc3C)o2)c1. The molecular weight excluding hydrogens is 398 g/mol. The van der Waals surface area contributed by atoms with Crippen molar-refractivity contribution in [1.82, 2.24) is 10.2 Å². The molecule has 6 nitrogen and oxygen atoms in total. The summed E-state index contributed by atoms with van der Waals surface area (Å²) in [6.07, 6.45) is 0. The predicted octanol–water partition coefficient (Wildman–Crippen LogP) is 4.96. The summed E-state index contributed by atoms with van der Waals surface area (Å²) in [7, 11) is 0. The minimum Gasteiger partial charge on any atom is -0.484 e. The summed E-state index contributed by atoms with van der Waals surface area (Å²) in [6, 6.07) is 11.3. The van der Waals surface area contributed by atoms with Crippen LogP contribution in [0.25, 0.3) is 0 Å². The Kier molecular flexibility index (Phi) is 6.59. The average Bonchev–Trinajstić information content (AvgIpc) is 3.08. The number of aryl methyl sites for hydroxylation is 3. The lowest BCUT2D eigenvalue weighted by atomic mass is 10.1. The Bertz CT molecular complexity index is 970. The summed E-state index contributed by atoms with van der Waals surface area (Å²) in [5, 5.41) is 11.6. The van der Waals surface area contributed by atoms with Crippen molar-refractivity contribution in [1.29, 1.82) is 0 Å². The highest BCUT2D eigenvalue weighted by molar-refractivity contribution is 7.99. The van der Waals surface area contributed by atoms with Gasteiger partial charge in [0.05, 0.1) is 5.75 Å². The molecule has 1 heterocycles. The van der Waals surface area contributed by atoms with Gasteiger partial charge in [-0.15, -0.1) is 10.2 Å². The van der Waals surface area contributed by atoms with E-state index in [1.54, 1.807) is 12.1 Å². The third kappa shape index (κ3) is 5.74. The maximum absolute atomic E-state index is 12.1. The highest BCUT2D eigenvalue weighted by Crippen LogP contribution is 2.22. The largest absolute Gasteiger partial charge is 0.484 e. The van der Waals surface area contributed by atoms with Crippen LogP contribution in [0.5, 0.6) is 5.75 Å². The van der Waals surface area contributed by atoms with Crippen LogP contribution in [0.3, 0.4) is 0 Å². The Labute approximate surface area is 172 Å². The molecule has 8 heteroatoms. The monoisotopic (exact) mass is 417 g/mol. The minimum atomic E-state index is -0.179. The zero-order chi connectivity index (χ0) is 20.1. The number of aromatic nitrogens is 2. The third-order valence-corrected chi connectivity index (χ3v) is 4.86. The van der Waals surface area contributed by atoms with Crippen molar-refractivity contribution in [3.8, 4) is 5.75 Å². The minimum absolute atomic E-state index is 0.144. The molecule has 1 amide bonds. The maximum atomic E-state index is 12.1. The first-order valence-electron chi connectivity index (χ1n) is 8.61. The van der Waals surface area contributed by atoms with E-state index in [1.807, 2.05) is 39.0 Å². The van der Waals surface area contributed by atoms with Gasteiger partial charge < -0.3 is 14.5 Å². The maximum Gasteiger partial charge on any atom is 0.277 e. The van der Waals surface area contributed by atoms with Crippen LogP contribution in [0.15, 0.2) is 46.0 Å². The van der Waals surface area contributed by atoms with Crippen LogP contribution >= 0.6 is 23.4 Å². The topological polar surface area (TPSA) is 77.2 Å². The summed E-state index contributed by atoms with van der Waals surface area (Å²) in [5.41, 5.74) is 3.87. The lowest BCUT2D eigenvalue weighted by Gasteiger charge is -2.07. The molecule has 0 aliphatic rings. The average molecular weight is 418 g/mol. The second-order valence-electron chi connectivity index (χ2n) is 6.37. The van der Waals surface area contributed by atoms with Gasteiger partial charge in [0.2, 0.25) is 5.91 Å². The van der Waals surface area contributed by atoms with E-state index in [0.29, 0.717) is 21.8 Å². The quantitative estimate of drug-likeness (QED) is 0.547. The fourth-order valence-corrected chi connectivity index (χ4v) is 3.31. The molecule has 2 aromatic carbocycles. The molecular formula is C20H20ClN3O3S. The Morgan fingerprint density at radius 1 is 1.14 bits per heavy atom. The zero-order valence-corrected chi connectivity index (χ0v) is 17.4. The first-order chi connectivity index (χ1) is 13.4. The number of nitrogens with zero attached hydrogens (tertiary/aromatic N) is 2. The number of hydrogen-bond donors (Lipinski definition) is 1. The van der Waals surface area contributed by atoms with Gasteiger partial charge in [0, 0.05) is 10.7 Å². The lowest BCUT2D eigenvalue weighted by molar-refractivity contribution is -0.113. The first kappa shape index (κ1) is 20.2. The summed E-state index contributed by atoms with van der Waals surface area (Å²) >= 11 is 7.13. The number of halogens is 1. The van der Waals surface area contributed by atoms with Crippen LogP contribution in [0, 0.1) is 20.8 Å². The van der Waals surface area contributed by atoms with E-state index in [-0.39, 0.29) is 18.3 Å². The molecule has 0 saturated carbocycles. The summed E-state index contributed by atoms with van der Waals surface area (Å²) in [5.74, 6) is 1.07. The highest BCUT2D eigenvalue weighted by Gasteiger charge is 2.12. The Morgan fingerprint density at radius 3 is 2.64 bits per heavy atom. The number of ether oxygens (including phenoxy) is 1. The van der Waals surface area contributed by atoms with Gasteiger partial charge in [0.25, 0.3) is 11.1 Å². The molecule has 0 aliphatic carbocycles. The van der Waals surface area contributed by atoms with Gasteiger partial charge in [-0.05, 0) is 61.7 Å². The second kappa shape index (κ2) is 9.12. The Hall–Kier alpha value is -2.51. The first-order valence-corrected chi connectivity index (χ1v) is 9.97. The molecule has 0 bridgehead atoms. The number of benzene rings is 2. The fourth-order valence-electron chi connectivity index (χ4n) is 2.56. The number of thioether (sulfide) groups is 1. The van der Waals surface area contributed by atoms with Crippen molar-refractivity contribution >= 4 is 35.0 Å². The van der Waals surface area contributed by atoms with E-state index in [1.165, 1.54) is 0 Å². The molecule has 0 unspecified atom stereocenters. The zero-order valence-electron chi connectivity index (χ0n) is 15.8. The number of carbonyl (C=O) groups excluding carboxylic acids is 1.